The first kappa shape index (κ1) is 16.7. The molecule has 0 amide bonds. The van der Waals surface area contributed by atoms with Gasteiger partial charge in [-0.3, -0.25) is 0 Å². The molecule has 0 aromatic heterocycles. The van der Waals surface area contributed by atoms with Gasteiger partial charge in [0.15, 0.2) is 0 Å². The quantitative estimate of drug-likeness (QED) is 0.796. The van der Waals surface area contributed by atoms with Crippen molar-refractivity contribution in [2.75, 3.05) is 27.3 Å². The first-order valence-electron chi connectivity index (χ1n) is 8.19. The number of hydrogen-bond acceptors (Lipinski definition) is 4. The van der Waals surface area contributed by atoms with Crippen molar-refractivity contribution >= 4 is 10.0 Å². The standard InChI is InChI=1S/C17H25NO4S/c1-21-15-5-3-13(4-6-15)11-14-12-18(10-9-17(14)22-2)23(19,20)16-7-8-16/h3-6,14,16-17H,7-12H2,1-2H3/t14-,17-/m1/s1. The van der Waals surface area contributed by atoms with E-state index in [9.17, 15) is 8.42 Å². The highest BCUT2D eigenvalue weighted by atomic mass is 32.2. The van der Waals surface area contributed by atoms with Crippen LogP contribution in [0.1, 0.15) is 24.8 Å². The number of hydrogen-bond donors (Lipinski definition) is 0. The van der Waals surface area contributed by atoms with E-state index in [1.165, 1.54) is 5.56 Å². The van der Waals surface area contributed by atoms with E-state index in [2.05, 4.69) is 0 Å². The van der Waals surface area contributed by atoms with Crippen molar-refractivity contribution in [3.8, 4) is 5.75 Å². The minimum Gasteiger partial charge on any atom is -0.497 e. The van der Waals surface area contributed by atoms with E-state index in [1.807, 2.05) is 24.3 Å². The van der Waals surface area contributed by atoms with Crippen molar-refractivity contribution in [1.29, 1.82) is 0 Å². The predicted molar refractivity (Wildman–Crippen MR) is 89.1 cm³/mol. The highest BCUT2D eigenvalue weighted by Gasteiger charge is 2.43. The first-order valence-corrected chi connectivity index (χ1v) is 9.69. The molecule has 1 aliphatic carbocycles. The number of methoxy groups -OCH3 is 2. The zero-order valence-corrected chi connectivity index (χ0v) is 14.6. The van der Waals surface area contributed by atoms with Crippen LogP contribution in [0.3, 0.4) is 0 Å². The fourth-order valence-electron chi connectivity index (χ4n) is 3.36. The molecule has 6 heteroatoms. The van der Waals surface area contributed by atoms with Gasteiger partial charge in [0.05, 0.1) is 18.5 Å². The average Bonchev–Trinajstić information content (AvgIpc) is 3.41. The lowest BCUT2D eigenvalue weighted by Gasteiger charge is -2.37. The summed E-state index contributed by atoms with van der Waals surface area (Å²) in [5.74, 6) is 1.02. The molecule has 1 saturated carbocycles. The van der Waals surface area contributed by atoms with Crippen LogP contribution in [0.4, 0.5) is 0 Å². The van der Waals surface area contributed by atoms with Crippen molar-refractivity contribution in [3.05, 3.63) is 29.8 Å². The number of ether oxygens (including phenoxy) is 2. The average molecular weight is 339 g/mol. The molecule has 2 aliphatic rings. The first-order chi connectivity index (χ1) is 11.0. The molecule has 2 atom stereocenters. The number of benzene rings is 1. The number of rotatable bonds is 6. The van der Waals surface area contributed by atoms with Gasteiger partial charge in [0, 0.05) is 26.1 Å². The fourth-order valence-corrected chi connectivity index (χ4v) is 5.27. The summed E-state index contributed by atoms with van der Waals surface area (Å²) in [6.07, 6.45) is 3.33. The Balaban J connectivity index is 1.71. The van der Waals surface area contributed by atoms with Crippen LogP contribution in [0.15, 0.2) is 24.3 Å². The highest BCUT2D eigenvalue weighted by Crippen LogP contribution is 2.34. The molecule has 1 aromatic carbocycles. The Morgan fingerprint density at radius 3 is 2.39 bits per heavy atom. The van der Waals surface area contributed by atoms with E-state index in [-0.39, 0.29) is 17.3 Å². The maximum Gasteiger partial charge on any atom is 0.216 e. The van der Waals surface area contributed by atoms with Gasteiger partial charge < -0.3 is 9.47 Å². The molecule has 0 bridgehead atoms. The van der Waals surface area contributed by atoms with Crippen molar-refractivity contribution < 1.29 is 17.9 Å². The Morgan fingerprint density at radius 2 is 1.83 bits per heavy atom. The van der Waals surface area contributed by atoms with Crippen LogP contribution in [0.2, 0.25) is 0 Å². The summed E-state index contributed by atoms with van der Waals surface area (Å²) in [5.41, 5.74) is 1.18. The third-order valence-corrected chi connectivity index (χ3v) is 7.26. The monoisotopic (exact) mass is 339 g/mol. The molecule has 23 heavy (non-hydrogen) atoms. The number of nitrogens with zero attached hydrogens (tertiary/aromatic N) is 1. The maximum atomic E-state index is 12.5. The van der Waals surface area contributed by atoms with Crippen LogP contribution in [-0.2, 0) is 21.2 Å². The molecule has 1 aromatic rings. The molecular formula is C17H25NO4S. The molecule has 2 fully saturated rings. The molecule has 1 saturated heterocycles. The van der Waals surface area contributed by atoms with E-state index in [4.69, 9.17) is 9.47 Å². The normalized spacial score (nSPS) is 26.2. The summed E-state index contributed by atoms with van der Waals surface area (Å²) in [7, 11) is 0.271. The van der Waals surface area contributed by atoms with Gasteiger partial charge in [-0.1, -0.05) is 12.1 Å². The van der Waals surface area contributed by atoms with Crippen LogP contribution in [0.5, 0.6) is 5.75 Å². The summed E-state index contributed by atoms with van der Waals surface area (Å²) in [5, 5.41) is -0.136. The topological polar surface area (TPSA) is 55.8 Å². The van der Waals surface area contributed by atoms with Crippen LogP contribution >= 0.6 is 0 Å². The fraction of sp³-hybridized carbons (Fsp3) is 0.647. The minimum atomic E-state index is -3.10. The van der Waals surface area contributed by atoms with E-state index in [1.54, 1.807) is 18.5 Å². The number of piperidine rings is 1. The molecule has 0 unspecified atom stereocenters. The molecule has 0 spiro atoms. The Labute approximate surface area is 138 Å². The van der Waals surface area contributed by atoms with Gasteiger partial charge in [-0.05, 0) is 43.4 Å². The van der Waals surface area contributed by atoms with Gasteiger partial charge in [0.25, 0.3) is 0 Å². The van der Waals surface area contributed by atoms with Gasteiger partial charge in [-0.25, -0.2) is 12.7 Å². The Hall–Kier alpha value is -1.11. The van der Waals surface area contributed by atoms with Crippen molar-refractivity contribution in [2.45, 2.75) is 37.0 Å². The van der Waals surface area contributed by atoms with Crippen LogP contribution in [-0.4, -0.2) is 51.4 Å². The summed E-state index contributed by atoms with van der Waals surface area (Å²) >= 11 is 0. The number of sulfonamides is 1. The molecule has 3 rings (SSSR count). The lowest BCUT2D eigenvalue weighted by atomic mass is 9.89. The van der Waals surface area contributed by atoms with Crippen molar-refractivity contribution in [1.82, 2.24) is 4.31 Å². The van der Waals surface area contributed by atoms with Gasteiger partial charge >= 0.3 is 0 Å². The van der Waals surface area contributed by atoms with Gasteiger partial charge in [-0.2, -0.15) is 0 Å². The zero-order valence-electron chi connectivity index (χ0n) is 13.8. The largest absolute Gasteiger partial charge is 0.497 e. The minimum absolute atomic E-state index is 0.114. The summed E-state index contributed by atoms with van der Waals surface area (Å²) < 4.78 is 37.5. The highest BCUT2D eigenvalue weighted by molar-refractivity contribution is 7.90. The maximum absolute atomic E-state index is 12.5. The van der Waals surface area contributed by atoms with Crippen molar-refractivity contribution in [2.24, 2.45) is 5.92 Å². The predicted octanol–water partition coefficient (Wildman–Crippen LogP) is 2.07. The van der Waals surface area contributed by atoms with E-state index in [0.29, 0.717) is 13.1 Å². The summed E-state index contributed by atoms with van der Waals surface area (Å²) in [6.45, 7) is 1.14. The third kappa shape index (κ3) is 3.70. The molecule has 1 aliphatic heterocycles. The van der Waals surface area contributed by atoms with Gasteiger partial charge in [-0.15, -0.1) is 0 Å². The lowest BCUT2D eigenvalue weighted by molar-refractivity contribution is 0.0130. The Kier molecular flexibility index (Phi) is 4.94. The molecule has 128 valence electrons. The van der Waals surface area contributed by atoms with E-state index >= 15 is 0 Å². The smallest absolute Gasteiger partial charge is 0.216 e. The van der Waals surface area contributed by atoms with Crippen LogP contribution < -0.4 is 4.74 Å². The molecule has 1 heterocycles. The van der Waals surface area contributed by atoms with Crippen molar-refractivity contribution in [3.63, 3.8) is 0 Å². The molecular weight excluding hydrogens is 314 g/mol. The zero-order chi connectivity index (χ0) is 16.4. The summed E-state index contributed by atoms with van der Waals surface area (Å²) in [4.78, 5) is 0. The molecule has 0 N–H and O–H groups in total. The second kappa shape index (κ2) is 6.79. The lowest BCUT2D eigenvalue weighted by Crippen LogP contribution is -2.48. The van der Waals surface area contributed by atoms with Crippen LogP contribution in [0, 0.1) is 5.92 Å². The Bertz CT molecular complexity index is 624. The second-order valence-corrected chi connectivity index (χ2v) is 8.69. The third-order valence-electron chi connectivity index (χ3n) is 4.89. The molecule has 0 radical (unpaired) electrons. The Morgan fingerprint density at radius 1 is 1.13 bits per heavy atom. The van der Waals surface area contributed by atoms with E-state index < -0.39 is 10.0 Å². The van der Waals surface area contributed by atoms with E-state index in [0.717, 1.165) is 31.4 Å². The van der Waals surface area contributed by atoms with Crippen LogP contribution in [0.25, 0.3) is 0 Å². The second-order valence-electron chi connectivity index (χ2n) is 6.48. The van der Waals surface area contributed by atoms with Gasteiger partial charge in [0.2, 0.25) is 10.0 Å². The molecule has 5 nitrogen and oxygen atoms in total. The van der Waals surface area contributed by atoms with Gasteiger partial charge in [0.1, 0.15) is 5.75 Å². The SMILES string of the molecule is COc1ccc(C[C@@H]2CN(S(=O)(=O)C3CC3)CC[C@H]2OC)cc1. The summed E-state index contributed by atoms with van der Waals surface area (Å²) in [6, 6.07) is 7.97.